The fourth-order valence-electron chi connectivity index (χ4n) is 6.23. The van der Waals surface area contributed by atoms with Crippen LogP contribution in [-0.2, 0) is 11.0 Å². The summed E-state index contributed by atoms with van der Waals surface area (Å²) >= 11 is 6.59. The van der Waals surface area contributed by atoms with E-state index in [2.05, 4.69) is 62.4 Å². The fourth-order valence-corrected chi connectivity index (χ4v) is 6.40. The Hall–Kier alpha value is -3.85. The summed E-state index contributed by atoms with van der Waals surface area (Å²) in [6, 6.07) is 36.6. The van der Waals surface area contributed by atoms with Gasteiger partial charge in [-0.3, -0.25) is 0 Å². The van der Waals surface area contributed by atoms with Crippen LogP contribution in [0.15, 0.2) is 114 Å². The molecule has 1 aromatic heterocycles. The van der Waals surface area contributed by atoms with Gasteiger partial charge in [-0.05, 0) is 63.7 Å². The molecule has 2 nitrogen and oxygen atoms in total. The Morgan fingerprint density at radius 3 is 1.89 bits per heavy atom. The maximum atomic E-state index is 12.9. The minimum atomic E-state index is -1.35. The molecule has 0 radical (unpaired) electrons. The average Bonchev–Trinajstić information content (AvgIpc) is 3.30. The van der Waals surface area contributed by atoms with Crippen molar-refractivity contribution in [3.05, 3.63) is 142 Å². The lowest BCUT2D eigenvalue weighted by atomic mass is 9.61. The average molecular weight is 501 g/mol. The van der Waals surface area contributed by atoms with Crippen molar-refractivity contribution in [3.63, 3.8) is 0 Å². The van der Waals surface area contributed by atoms with Gasteiger partial charge in [0.15, 0.2) is 0 Å². The highest BCUT2D eigenvalue weighted by molar-refractivity contribution is 6.31. The first-order valence-corrected chi connectivity index (χ1v) is 12.9. The van der Waals surface area contributed by atoms with Crippen molar-refractivity contribution in [2.75, 3.05) is 0 Å². The summed E-state index contributed by atoms with van der Waals surface area (Å²) in [5.74, 6) is 0. The monoisotopic (exact) mass is 500 g/mol. The van der Waals surface area contributed by atoms with Gasteiger partial charge in [0.1, 0.15) is 16.8 Å². The SMILES string of the molecule is CC1(C)c2ccccc2C(O)(c2ccc(Cl)cc2-c2ccc3oc4ccccc4c3c2)c2ccccc21. The quantitative estimate of drug-likeness (QED) is 0.257. The molecule has 6 aromatic rings. The van der Waals surface area contributed by atoms with Crippen LogP contribution < -0.4 is 0 Å². The molecule has 0 unspecified atom stereocenters. The van der Waals surface area contributed by atoms with Gasteiger partial charge in [0.05, 0.1) is 0 Å². The predicted molar refractivity (Wildman–Crippen MR) is 151 cm³/mol. The molecule has 0 bridgehead atoms. The van der Waals surface area contributed by atoms with Crippen molar-refractivity contribution < 1.29 is 9.52 Å². The first-order valence-electron chi connectivity index (χ1n) is 12.5. The molecule has 3 heteroatoms. The number of aliphatic hydroxyl groups is 1. The Morgan fingerprint density at radius 2 is 1.19 bits per heavy atom. The van der Waals surface area contributed by atoms with Gasteiger partial charge in [0.2, 0.25) is 0 Å². The second kappa shape index (κ2) is 7.82. The molecule has 1 N–H and O–H groups in total. The Labute approximate surface area is 220 Å². The molecule has 0 amide bonds. The molecule has 0 aliphatic heterocycles. The van der Waals surface area contributed by atoms with Crippen molar-refractivity contribution in [2.45, 2.75) is 24.9 Å². The summed E-state index contributed by atoms with van der Waals surface area (Å²) in [5, 5.41) is 15.6. The highest BCUT2D eigenvalue weighted by Gasteiger charge is 2.47. The van der Waals surface area contributed by atoms with E-state index < -0.39 is 5.60 Å². The van der Waals surface area contributed by atoms with E-state index >= 15 is 0 Å². The van der Waals surface area contributed by atoms with Crippen molar-refractivity contribution in [3.8, 4) is 11.1 Å². The summed E-state index contributed by atoms with van der Waals surface area (Å²) in [6.07, 6.45) is 0. The lowest BCUT2D eigenvalue weighted by Crippen LogP contribution is -2.41. The van der Waals surface area contributed by atoms with Crippen LogP contribution in [0.3, 0.4) is 0 Å². The molecule has 1 aliphatic rings. The minimum Gasteiger partial charge on any atom is -0.456 e. The van der Waals surface area contributed by atoms with Crippen LogP contribution in [0, 0.1) is 0 Å². The van der Waals surface area contributed by atoms with Crippen LogP contribution in [0.2, 0.25) is 5.02 Å². The molecule has 0 fully saturated rings. The van der Waals surface area contributed by atoms with E-state index in [-0.39, 0.29) is 5.41 Å². The smallest absolute Gasteiger partial charge is 0.141 e. The topological polar surface area (TPSA) is 33.4 Å². The highest BCUT2D eigenvalue weighted by atomic mass is 35.5. The predicted octanol–water partition coefficient (Wildman–Crippen LogP) is 8.83. The Morgan fingerprint density at radius 1 is 0.595 bits per heavy atom. The van der Waals surface area contributed by atoms with Crippen molar-refractivity contribution >= 4 is 33.5 Å². The summed E-state index contributed by atoms with van der Waals surface area (Å²) < 4.78 is 6.07. The number of para-hydroxylation sites is 1. The highest BCUT2D eigenvalue weighted by Crippen LogP contribution is 2.53. The van der Waals surface area contributed by atoms with E-state index in [1.165, 1.54) is 0 Å². The van der Waals surface area contributed by atoms with Crippen LogP contribution >= 0.6 is 11.6 Å². The number of halogens is 1. The van der Waals surface area contributed by atoms with E-state index in [4.69, 9.17) is 16.0 Å². The van der Waals surface area contributed by atoms with E-state index in [0.717, 1.165) is 60.9 Å². The van der Waals surface area contributed by atoms with E-state index in [1.54, 1.807) is 0 Å². The molecule has 7 rings (SSSR count). The van der Waals surface area contributed by atoms with Crippen LogP contribution in [-0.4, -0.2) is 5.11 Å². The maximum Gasteiger partial charge on any atom is 0.141 e. The van der Waals surface area contributed by atoms with Gasteiger partial charge >= 0.3 is 0 Å². The molecule has 1 aliphatic carbocycles. The Bertz CT molecular complexity index is 1790. The lowest BCUT2D eigenvalue weighted by molar-refractivity contribution is 0.117. The molecular weight excluding hydrogens is 476 g/mol. The summed E-state index contributed by atoms with van der Waals surface area (Å²) in [6.45, 7) is 4.45. The number of furan rings is 1. The lowest BCUT2D eigenvalue weighted by Gasteiger charge is -2.45. The first-order chi connectivity index (χ1) is 17.9. The number of rotatable bonds is 2. The Kier molecular flexibility index (Phi) is 4.73. The zero-order valence-corrected chi connectivity index (χ0v) is 21.4. The van der Waals surface area contributed by atoms with Gasteiger partial charge in [0.25, 0.3) is 0 Å². The van der Waals surface area contributed by atoms with Gasteiger partial charge in [0, 0.05) is 26.8 Å². The molecule has 1 heterocycles. The third-order valence-corrected chi connectivity index (χ3v) is 8.27. The molecule has 0 spiro atoms. The molecular formula is C34H25ClO2. The third-order valence-electron chi connectivity index (χ3n) is 8.04. The van der Waals surface area contributed by atoms with Crippen LogP contribution in [0.25, 0.3) is 33.1 Å². The van der Waals surface area contributed by atoms with Gasteiger partial charge < -0.3 is 9.52 Å². The van der Waals surface area contributed by atoms with Gasteiger partial charge in [-0.1, -0.05) is 104 Å². The van der Waals surface area contributed by atoms with Crippen molar-refractivity contribution in [1.29, 1.82) is 0 Å². The number of hydrogen-bond acceptors (Lipinski definition) is 2. The molecule has 37 heavy (non-hydrogen) atoms. The molecule has 0 atom stereocenters. The zero-order valence-electron chi connectivity index (χ0n) is 20.6. The largest absolute Gasteiger partial charge is 0.456 e. The fraction of sp³-hybridized carbons (Fsp3) is 0.118. The summed E-state index contributed by atoms with van der Waals surface area (Å²) in [5.41, 5.74) is 6.81. The second-order valence-corrected chi connectivity index (χ2v) is 10.9. The number of benzene rings is 5. The van der Waals surface area contributed by atoms with E-state index in [0.29, 0.717) is 5.02 Å². The van der Waals surface area contributed by atoms with E-state index in [1.807, 2.05) is 60.7 Å². The van der Waals surface area contributed by atoms with Crippen molar-refractivity contribution in [1.82, 2.24) is 0 Å². The maximum absolute atomic E-state index is 12.9. The standard InChI is InChI=1S/C34H25ClO2/c1-33(2)27-10-4-6-12-29(27)34(36,30-13-7-5-11-28(30)33)26-17-16-22(35)20-24(26)21-15-18-32-25(19-21)23-9-3-8-14-31(23)37-32/h3-20,36H,1-2H3. The van der Waals surface area contributed by atoms with E-state index in [9.17, 15) is 5.11 Å². The molecule has 180 valence electrons. The third kappa shape index (κ3) is 3.10. The zero-order chi connectivity index (χ0) is 25.4. The van der Waals surface area contributed by atoms with Crippen LogP contribution in [0.1, 0.15) is 41.7 Å². The first kappa shape index (κ1) is 22.4. The number of hydrogen-bond donors (Lipinski definition) is 1. The van der Waals surface area contributed by atoms with Gasteiger partial charge in [-0.25, -0.2) is 0 Å². The molecule has 0 saturated carbocycles. The van der Waals surface area contributed by atoms with Crippen LogP contribution in [0.4, 0.5) is 0 Å². The summed E-state index contributed by atoms with van der Waals surface area (Å²) in [7, 11) is 0. The number of fused-ring (bicyclic) bond motifs is 5. The van der Waals surface area contributed by atoms with Crippen LogP contribution in [0.5, 0.6) is 0 Å². The van der Waals surface area contributed by atoms with Crippen molar-refractivity contribution in [2.24, 2.45) is 0 Å². The summed E-state index contributed by atoms with van der Waals surface area (Å²) in [4.78, 5) is 0. The molecule has 5 aromatic carbocycles. The van der Waals surface area contributed by atoms with Gasteiger partial charge in [-0.2, -0.15) is 0 Å². The Balaban J connectivity index is 1.55. The van der Waals surface area contributed by atoms with Gasteiger partial charge in [-0.15, -0.1) is 0 Å². The molecule has 0 saturated heterocycles. The normalized spacial score (nSPS) is 15.5. The second-order valence-electron chi connectivity index (χ2n) is 10.4. The minimum absolute atomic E-state index is 0.249.